The summed E-state index contributed by atoms with van der Waals surface area (Å²) in [6, 6.07) is 20.1. The molecule has 0 aliphatic carbocycles. The molecule has 0 aliphatic rings. The maximum absolute atomic E-state index is 4.43. The second-order valence-corrected chi connectivity index (χ2v) is 5.17. The standard InChI is InChI=1S/C18H18N4/c1-13-8-10-16(11-9-13)22-18-12-17(19-14(2)20-18)21-15-6-4-3-5-7-15/h3-12H,1-2H3,(H2,19,20,21,22). The molecule has 3 aromatic rings. The number of nitrogens with one attached hydrogen (secondary N) is 2. The predicted molar refractivity (Wildman–Crippen MR) is 91.0 cm³/mol. The predicted octanol–water partition coefficient (Wildman–Crippen LogP) is 4.58. The highest BCUT2D eigenvalue weighted by Crippen LogP contribution is 2.20. The number of benzene rings is 2. The van der Waals surface area contributed by atoms with E-state index in [1.807, 2.05) is 55.5 Å². The van der Waals surface area contributed by atoms with Gasteiger partial charge in [-0.1, -0.05) is 35.9 Å². The van der Waals surface area contributed by atoms with Gasteiger partial charge in [0.15, 0.2) is 0 Å². The highest BCUT2D eigenvalue weighted by molar-refractivity contribution is 5.63. The van der Waals surface area contributed by atoms with Crippen LogP contribution in [0.15, 0.2) is 60.7 Å². The van der Waals surface area contributed by atoms with Gasteiger partial charge in [-0.3, -0.25) is 0 Å². The Morgan fingerprint density at radius 1 is 0.682 bits per heavy atom. The zero-order valence-electron chi connectivity index (χ0n) is 12.7. The van der Waals surface area contributed by atoms with Gasteiger partial charge in [0.25, 0.3) is 0 Å². The van der Waals surface area contributed by atoms with Crippen LogP contribution in [0.1, 0.15) is 11.4 Å². The van der Waals surface area contributed by atoms with Gasteiger partial charge in [0.2, 0.25) is 0 Å². The number of nitrogens with zero attached hydrogens (tertiary/aromatic N) is 2. The third kappa shape index (κ3) is 3.61. The van der Waals surface area contributed by atoms with E-state index in [2.05, 4.69) is 39.7 Å². The van der Waals surface area contributed by atoms with E-state index in [1.54, 1.807) is 0 Å². The summed E-state index contributed by atoms with van der Waals surface area (Å²) in [7, 11) is 0. The minimum absolute atomic E-state index is 0.718. The van der Waals surface area contributed by atoms with E-state index >= 15 is 0 Å². The molecule has 0 unspecified atom stereocenters. The van der Waals surface area contributed by atoms with E-state index in [4.69, 9.17) is 0 Å². The Balaban J connectivity index is 1.82. The van der Waals surface area contributed by atoms with Crippen molar-refractivity contribution in [2.24, 2.45) is 0 Å². The van der Waals surface area contributed by atoms with Gasteiger partial charge in [0, 0.05) is 17.4 Å². The molecule has 0 fully saturated rings. The quantitative estimate of drug-likeness (QED) is 0.738. The van der Waals surface area contributed by atoms with Crippen LogP contribution in [0, 0.1) is 13.8 Å². The van der Waals surface area contributed by atoms with Crippen LogP contribution in [0.2, 0.25) is 0 Å². The topological polar surface area (TPSA) is 49.8 Å². The molecule has 0 spiro atoms. The molecule has 22 heavy (non-hydrogen) atoms. The van der Waals surface area contributed by atoms with Crippen LogP contribution >= 0.6 is 0 Å². The van der Waals surface area contributed by atoms with Gasteiger partial charge in [0.1, 0.15) is 17.5 Å². The molecule has 0 atom stereocenters. The Morgan fingerprint density at radius 2 is 1.23 bits per heavy atom. The summed E-state index contributed by atoms with van der Waals surface area (Å²) >= 11 is 0. The van der Waals surface area contributed by atoms with E-state index in [-0.39, 0.29) is 0 Å². The lowest BCUT2D eigenvalue weighted by Crippen LogP contribution is -2.01. The van der Waals surface area contributed by atoms with Gasteiger partial charge >= 0.3 is 0 Å². The molecule has 4 heteroatoms. The van der Waals surface area contributed by atoms with E-state index in [0.717, 1.165) is 28.8 Å². The van der Waals surface area contributed by atoms with Crippen molar-refractivity contribution >= 4 is 23.0 Å². The second kappa shape index (κ2) is 6.26. The molecule has 0 saturated carbocycles. The molecule has 3 rings (SSSR count). The zero-order valence-corrected chi connectivity index (χ0v) is 12.7. The Morgan fingerprint density at radius 3 is 1.82 bits per heavy atom. The molecule has 4 nitrogen and oxygen atoms in total. The van der Waals surface area contributed by atoms with E-state index < -0.39 is 0 Å². The van der Waals surface area contributed by atoms with Gasteiger partial charge in [0.05, 0.1) is 0 Å². The van der Waals surface area contributed by atoms with Gasteiger partial charge < -0.3 is 10.6 Å². The summed E-state index contributed by atoms with van der Waals surface area (Å²) in [5, 5.41) is 6.60. The number of hydrogen-bond acceptors (Lipinski definition) is 4. The van der Waals surface area contributed by atoms with Crippen LogP contribution in [0.25, 0.3) is 0 Å². The number of aryl methyl sites for hydroxylation is 2. The van der Waals surface area contributed by atoms with Crippen molar-refractivity contribution < 1.29 is 0 Å². The fourth-order valence-corrected chi connectivity index (χ4v) is 2.15. The summed E-state index contributed by atoms with van der Waals surface area (Å²) in [5.41, 5.74) is 3.24. The van der Waals surface area contributed by atoms with Gasteiger partial charge in [-0.15, -0.1) is 0 Å². The highest BCUT2D eigenvalue weighted by atomic mass is 15.1. The summed E-state index contributed by atoms with van der Waals surface area (Å²) in [4.78, 5) is 8.85. The lowest BCUT2D eigenvalue weighted by atomic mass is 10.2. The molecule has 0 bridgehead atoms. The summed E-state index contributed by atoms with van der Waals surface area (Å²) < 4.78 is 0. The smallest absolute Gasteiger partial charge is 0.136 e. The fraction of sp³-hybridized carbons (Fsp3) is 0.111. The molecular formula is C18H18N4. The Hall–Kier alpha value is -2.88. The maximum atomic E-state index is 4.43. The van der Waals surface area contributed by atoms with Gasteiger partial charge in [-0.05, 0) is 38.1 Å². The average molecular weight is 290 g/mol. The van der Waals surface area contributed by atoms with Crippen LogP contribution in [-0.2, 0) is 0 Å². The molecular weight excluding hydrogens is 272 g/mol. The monoisotopic (exact) mass is 290 g/mol. The number of hydrogen-bond donors (Lipinski definition) is 2. The Kier molecular flexibility index (Phi) is 4.01. The lowest BCUT2D eigenvalue weighted by molar-refractivity contribution is 1.06. The molecule has 0 radical (unpaired) electrons. The highest BCUT2D eigenvalue weighted by Gasteiger charge is 2.03. The van der Waals surface area contributed by atoms with Crippen molar-refractivity contribution in [2.45, 2.75) is 13.8 Å². The molecule has 110 valence electrons. The summed E-state index contributed by atoms with van der Waals surface area (Å²) in [5.74, 6) is 2.26. The van der Waals surface area contributed by atoms with Crippen molar-refractivity contribution in [3.63, 3.8) is 0 Å². The first kappa shape index (κ1) is 14.1. The van der Waals surface area contributed by atoms with Crippen LogP contribution in [0.5, 0.6) is 0 Å². The lowest BCUT2D eigenvalue weighted by Gasteiger charge is -2.10. The molecule has 0 saturated heterocycles. The molecule has 1 aromatic heterocycles. The second-order valence-electron chi connectivity index (χ2n) is 5.17. The Bertz CT molecular complexity index is 752. The van der Waals surface area contributed by atoms with Crippen molar-refractivity contribution in [1.82, 2.24) is 9.97 Å². The maximum Gasteiger partial charge on any atom is 0.136 e. The van der Waals surface area contributed by atoms with Crippen molar-refractivity contribution in [1.29, 1.82) is 0 Å². The molecule has 2 aromatic carbocycles. The SMILES string of the molecule is Cc1ccc(Nc2cc(Nc3ccccc3)nc(C)n2)cc1. The third-order valence-electron chi connectivity index (χ3n) is 3.21. The summed E-state index contributed by atoms with van der Waals surface area (Å²) in [6.45, 7) is 3.96. The van der Waals surface area contributed by atoms with E-state index in [0.29, 0.717) is 0 Å². The Labute approximate surface area is 130 Å². The normalized spacial score (nSPS) is 10.3. The molecule has 1 heterocycles. The number of para-hydroxylation sites is 1. The minimum atomic E-state index is 0.718. The number of aromatic nitrogens is 2. The molecule has 0 amide bonds. The van der Waals surface area contributed by atoms with E-state index in [1.165, 1.54) is 5.56 Å². The van der Waals surface area contributed by atoms with Gasteiger partial charge in [-0.2, -0.15) is 0 Å². The fourth-order valence-electron chi connectivity index (χ4n) is 2.15. The van der Waals surface area contributed by atoms with Crippen molar-refractivity contribution in [2.75, 3.05) is 10.6 Å². The number of anilines is 4. The molecule has 2 N–H and O–H groups in total. The van der Waals surface area contributed by atoms with Crippen LogP contribution < -0.4 is 10.6 Å². The summed E-state index contributed by atoms with van der Waals surface area (Å²) in [6.07, 6.45) is 0. The largest absolute Gasteiger partial charge is 0.340 e. The third-order valence-corrected chi connectivity index (χ3v) is 3.21. The van der Waals surface area contributed by atoms with Crippen molar-refractivity contribution in [3.05, 3.63) is 72.1 Å². The van der Waals surface area contributed by atoms with Gasteiger partial charge in [-0.25, -0.2) is 9.97 Å². The van der Waals surface area contributed by atoms with Crippen LogP contribution in [-0.4, -0.2) is 9.97 Å². The molecule has 0 aliphatic heterocycles. The van der Waals surface area contributed by atoms with Crippen LogP contribution in [0.3, 0.4) is 0 Å². The average Bonchev–Trinajstić information content (AvgIpc) is 2.50. The van der Waals surface area contributed by atoms with Crippen molar-refractivity contribution in [3.8, 4) is 0 Å². The first-order valence-electron chi connectivity index (χ1n) is 7.20. The zero-order chi connectivity index (χ0) is 15.4. The van der Waals surface area contributed by atoms with Crippen LogP contribution in [0.4, 0.5) is 23.0 Å². The van der Waals surface area contributed by atoms with E-state index in [9.17, 15) is 0 Å². The first-order chi connectivity index (χ1) is 10.7. The first-order valence-corrected chi connectivity index (χ1v) is 7.20. The number of rotatable bonds is 4. The minimum Gasteiger partial charge on any atom is -0.340 e.